The van der Waals surface area contributed by atoms with E-state index >= 15 is 0 Å². The van der Waals surface area contributed by atoms with E-state index in [-0.39, 0.29) is 60.3 Å². The molecule has 3 heterocycles. The van der Waals surface area contributed by atoms with Crippen LogP contribution in [0.3, 0.4) is 0 Å². The van der Waals surface area contributed by atoms with Gasteiger partial charge in [0.05, 0.1) is 23.8 Å². The van der Waals surface area contributed by atoms with Crippen molar-refractivity contribution >= 4 is 46.2 Å². The number of oxazole rings is 1. The number of nitrogens with one attached hydrogen (secondary N) is 2. The minimum absolute atomic E-state index is 0.0848. The monoisotopic (exact) mass is 613 g/mol. The number of amides is 3. The van der Waals surface area contributed by atoms with Crippen molar-refractivity contribution in [1.82, 2.24) is 25.1 Å². The summed E-state index contributed by atoms with van der Waals surface area (Å²) in [4.78, 5) is 56.0. The quantitative estimate of drug-likeness (QED) is 0.271. The molecular formula is C29H26ClF2N5O6. The van der Waals surface area contributed by atoms with E-state index < -0.39 is 35.9 Å². The summed E-state index contributed by atoms with van der Waals surface area (Å²) in [6.45, 7) is 0.676. The first kappa shape index (κ1) is 29.7. The van der Waals surface area contributed by atoms with Crippen molar-refractivity contribution in [1.29, 1.82) is 0 Å². The first-order valence-electron chi connectivity index (χ1n) is 13.2. The Morgan fingerprint density at radius 2 is 1.98 bits per heavy atom. The average Bonchev–Trinajstić information content (AvgIpc) is 3.72. The number of fused-ring (bicyclic) bond motifs is 1. The highest BCUT2D eigenvalue weighted by molar-refractivity contribution is 6.30. The minimum atomic E-state index is -1.42. The van der Waals surface area contributed by atoms with Gasteiger partial charge in [-0.15, -0.1) is 0 Å². The molecule has 0 spiro atoms. The average molecular weight is 614 g/mol. The van der Waals surface area contributed by atoms with Crippen LogP contribution >= 0.6 is 11.6 Å². The molecule has 2 atom stereocenters. The molecule has 0 unspecified atom stereocenters. The van der Waals surface area contributed by atoms with Crippen molar-refractivity contribution in [3.8, 4) is 5.75 Å². The number of ketones is 1. The zero-order valence-corrected chi connectivity index (χ0v) is 23.6. The van der Waals surface area contributed by atoms with Crippen molar-refractivity contribution in [3.63, 3.8) is 0 Å². The smallest absolute Gasteiger partial charge is 0.412 e. The van der Waals surface area contributed by atoms with E-state index in [0.717, 1.165) is 4.90 Å². The van der Waals surface area contributed by atoms with E-state index in [1.54, 1.807) is 6.07 Å². The lowest BCUT2D eigenvalue weighted by atomic mass is 10.1. The summed E-state index contributed by atoms with van der Waals surface area (Å²) in [6.07, 6.45) is 1.71. The number of halogens is 3. The van der Waals surface area contributed by atoms with Crippen LogP contribution in [0.1, 0.15) is 35.0 Å². The van der Waals surface area contributed by atoms with Crippen LogP contribution in [0.4, 0.5) is 13.6 Å². The molecule has 1 saturated heterocycles. The van der Waals surface area contributed by atoms with Crippen molar-refractivity contribution in [3.05, 3.63) is 82.9 Å². The normalized spacial score (nSPS) is 16.3. The highest BCUT2D eigenvalue weighted by Gasteiger charge is 2.39. The number of alkyl halides is 1. The third kappa shape index (κ3) is 6.67. The highest BCUT2D eigenvalue weighted by atomic mass is 35.5. The second-order valence-corrected chi connectivity index (χ2v) is 10.4. The molecule has 1 aliphatic heterocycles. The number of benzene rings is 2. The number of carbonyl (C=O) groups excluding carboxylic acids is 4. The highest BCUT2D eigenvalue weighted by Crippen LogP contribution is 2.28. The molecular weight excluding hydrogens is 588 g/mol. The molecule has 0 aliphatic carbocycles. The molecule has 5 rings (SSSR count). The third-order valence-corrected chi connectivity index (χ3v) is 7.29. The zero-order chi connectivity index (χ0) is 30.7. The molecule has 0 bridgehead atoms. The van der Waals surface area contributed by atoms with E-state index in [1.807, 2.05) is 0 Å². The Kier molecular flexibility index (Phi) is 8.71. The number of likely N-dealkylation sites (tertiary alicyclic amines) is 1. The second kappa shape index (κ2) is 12.6. The SMILES string of the molecule is CC(=O)c1cn(CC(=O)N2C[C@H](F)C[C@H]2C(=O)NCc2cccc(Cl)c2F)c2ccc(OC(=O)NCc3cocn3)cc12. The molecule has 2 N–H and O–H groups in total. The number of hydrogen-bond donors (Lipinski definition) is 2. The van der Waals surface area contributed by atoms with E-state index in [2.05, 4.69) is 15.6 Å². The number of carbonyl (C=O) groups is 4. The second-order valence-electron chi connectivity index (χ2n) is 9.95. The van der Waals surface area contributed by atoms with E-state index in [9.17, 15) is 28.0 Å². The first-order chi connectivity index (χ1) is 20.6. The van der Waals surface area contributed by atoms with E-state index in [4.69, 9.17) is 20.8 Å². The molecule has 224 valence electrons. The van der Waals surface area contributed by atoms with Gasteiger partial charge in [0.1, 0.15) is 36.6 Å². The number of Topliss-reactive ketones (excluding diaryl/α,β-unsaturated/α-hetero) is 1. The van der Waals surface area contributed by atoms with Crippen LogP contribution in [0.25, 0.3) is 10.9 Å². The van der Waals surface area contributed by atoms with Crippen LogP contribution in [0, 0.1) is 5.82 Å². The van der Waals surface area contributed by atoms with E-state index in [0.29, 0.717) is 16.6 Å². The van der Waals surface area contributed by atoms with Gasteiger partial charge in [0.15, 0.2) is 12.2 Å². The third-order valence-electron chi connectivity index (χ3n) is 7.00. The maximum Gasteiger partial charge on any atom is 0.412 e. The molecule has 14 heteroatoms. The Morgan fingerprint density at radius 3 is 2.72 bits per heavy atom. The van der Waals surface area contributed by atoms with Gasteiger partial charge in [0.2, 0.25) is 11.8 Å². The fourth-order valence-electron chi connectivity index (χ4n) is 4.91. The predicted octanol–water partition coefficient (Wildman–Crippen LogP) is 4.17. The van der Waals surface area contributed by atoms with Crippen molar-refractivity contribution in [2.75, 3.05) is 6.54 Å². The predicted molar refractivity (Wildman–Crippen MR) is 150 cm³/mol. The largest absolute Gasteiger partial charge is 0.451 e. The van der Waals surface area contributed by atoms with Gasteiger partial charge in [0.25, 0.3) is 0 Å². The number of nitrogens with zero attached hydrogens (tertiary/aromatic N) is 3. The summed E-state index contributed by atoms with van der Waals surface area (Å²) in [7, 11) is 0. The van der Waals surface area contributed by atoms with Crippen molar-refractivity contribution in [2.45, 2.75) is 45.2 Å². The fraction of sp³-hybridized carbons (Fsp3) is 0.276. The Labute approximate surface area is 248 Å². The van der Waals surface area contributed by atoms with Gasteiger partial charge in [-0.1, -0.05) is 23.7 Å². The molecule has 1 aliphatic rings. The van der Waals surface area contributed by atoms with Crippen LogP contribution in [-0.2, 0) is 29.2 Å². The number of rotatable bonds is 9. The minimum Gasteiger partial charge on any atom is -0.451 e. The van der Waals surface area contributed by atoms with Gasteiger partial charge in [0, 0.05) is 41.2 Å². The lowest BCUT2D eigenvalue weighted by molar-refractivity contribution is -0.139. The molecule has 11 nitrogen and oxygen atoms in total. The van der Waals surface area contributed by atoms with Crippen molar-refractivity contribution < 1.29 is 37.1 Å². The molecule has 3 amide bonds. The summed E-state index contributed by atoms with van der Waals surface area (Å²) in [5.41, 5.74) is 1.42. The summed E-state index contributed by atoms with van der Waals surface area (Å²) in [5.74, 6) is -1.98. The summed E-state index contributed by atoms with van der Waals surface area (Å²) < 4.78 is 40.4. The van der Waals surface area contributed by atoms with Gasteiger partial charge in [-0.3, -0.25) is 14.4 Å². The number of aromatic nitrogens is 2. The fourth-order valence-corrected chi connectivity index (χ4v) is 5.11. The van der Waals surface area contributed by atoms with Gasteiger partial charge in [-0.2, -0.15) is 0 Å². The van der Waals surface area contributed by atoms with Gasteiger partial charge < -0.3 is 29.3 Å². The molecule has 2 aromatic carbocycles. The van der Waals surface area contributed by atoms with Gasteiger partial charge in [-0.05, 0) is 31.2 Å². The number of hydrogen-bond acceptors (Lipinski definition) is 7. The van der Waals surface area contributed by atoms with Crippen LogP contribution in [0.2, 0.25) is 5.02 Å². The van der Waals surface area contributed by atoms with Crippen LogP contribution in [-0.4, -0.2) is 56.9 Å². The summed E-state index contributed by atoms with van der Waals surface area (Å²) in [5, 5.41) is 5.43. The molecule has 4 aromatic rings. The first-order valence-corrected chi connectivity index (χ1v) is 13.6. The Bertz CT molecular complexity index is 1690. The van der Waals surface area contributed by atoms with Crippen LogP contribution in [0.5, 0.6) is 5.75 Å². The van der Waals surface area contributed by atoms with Gasteiger partial charge in [-0.25, -0.2) is 18.6 Å². The van der Waals surface area contributed by atoms with Gasteiger partial charge >= 0.3 is 6.09 Å². The van der Waals surface area contributed by atoms with E-state index in [1.165, 1.54) is 60.7 Å². The molecule has 1 fully saturated rings. The standard InChI is InChI=1S/C29H26ClF2N5O6/c1-16(38)22-12-36(24-6-5-20(8-21(22)24)43-29(41)34-10-19-14-42-15-35-19)13-26(39)37-11-18(31)7-25(37)28(40)33-9-17-3-2-4-23(30)27(17)32/h2-6,8,12,14-15,18,25H,7,9-11,13H2,1H3,(H,33,40)(H,34,41)/t18-,25+/m1/s1. The number of ether oxygens (including phenoxy) is 1. The lowest BCUT2D eigenvalue weighted by Gasteiger charge is -2.24. The maximum atomic E-state index is 14.5. The molecule has 43 heavy (non-hydrogen) atoms. The van der Waals surface area contributed by atoms with Crippen LogP contribution in [0.15, 0.2) is 59.7 Å². The molecule has 2 aromatic heterocycles. The van der Waals surface area contributed by atoms with Crippen LogP contribution < -0.4 is 15.4 Å². The Balaban J connectivity index is 1.29. The Morgan fingerprint density at radius 1 is 1.16 bits per heavy atom. The molecule has 0 radical (unpaired) electrons. The maximum absolute atomic E-state index is 14.5. The molecule has 0 saturated carbocycles. The summed E-state index contributed by atoms with van der Waals surface area (Å²) in [6, 6.07) is 7.86. The Hall–Kier alpha value is -4.78. The zero-order valence-electron chi connectivity index (χ0n) is 22.8. The summed E-state index contributed by atoms with van der Waals surface area (Å²) >= 11 is 5.80. The lowest BCUT2D eigenvalue weighted by Crippen LogP contribution is -2.46. The van der Waals surface area contributed by atoms with Crippen molar-refractivity contribution in [2.24, 2.45) is 0 Å². The topological polar surface area (TPSA) is 136 Å².